The van der Waals surface area contributed by atoms with Gasteiger partial charge in [0, 0.05) is 18.3 Å². The highest BCUT2D eigenvalue weighted by atomic mass is 16.2. The summed E-state index contributed by atoms with van der Waals surface area (Å²) in [5, 5.41) is 3.00. The maximum absolute atomic E-state index is 12.4. The SMILES string of the molecule is CC(=O)c1c[nH]c(C(=O)NCC(c2ccccc2)N2CCCC2)c1. The molecule has 1 saturated heterocycles. The van der Waals surface area contributed by atoms with Crippen molar-refractivity contribution in [3.63, 3.8) is 0 Å². The molecular formula is C19H23N3O2. The summed E-state index contributed by atoms with van der Waals surface area (Å²) >= 11 is 0. The van der Waals surface area contributed by atoms with Crippen LogP contribution in [0.15, 0.2) is 42.6 Å². The third-order valence-electron chi connectivity index (χ3n) is 4.56. The number of carbonyl (C=O) groups is 2. The Labute approximate surface area is 142 Å². The van der Waals surface area contributed by atoms with E-state index in [1.165, 1.54) is 25.3 Å². The first-order chi connectivity index (χ1) is 11.6. The quantitative estimate of drug-likeness (QED) is 0.803. The fraction of sp³-hybridized carbons (Fsp3) is 0.368. The molecule has 1 aliphatic rings. The minimum atomic E-state index is -0.178. The first-order valence-electron chi connectivity index (χ1n) is 8.41. The Hall–Kier alpha value is -2.40. The van der Waals surface area contributed by atoms with Gasteiger partial charge in [-0.3, -0.25) is 14.5 Å². The standard InChI is InChI=1S/C19H23N3O2/c1-14(23)16-11-17(20-12-16)19(24)21-13-18(22-9-5-6-10-22)15-7-3-2-4-8-15/h2-4,7-8,11-12,18,20H,5-6,9-10,13H2,1H3,(H,21,24). The molecule has 2 heterocycles. The van der Waals surface area contributed by atoms with E-state index in [-0.39, 0.29) is 17.7 Å². The Kier molecular flexibility index (Phi) is 5.11. The summed E-state index contributed by atoms with van der Waals surface area (Å²) < 4.78 is 0. The van der Waals surface area contributed by atoms with Gasteiger partial charge >= 0.3 is 0 Å². The molecule has 126 valence electrons. The Morgan fingerprint density at radius 1 is 1.21 bits per heavy atom. The first kappa shape index (κ1) is 16.5. The third-order valence-corrected chi connectivity index (χ3v) is 4.56. The van der Waals surface area contributed by atoms with Gasteiger partial charge in [-0.2, -0.15) is 0 Å². The Balaban J connectivity index is 1.68. The summed E-state index contributed by atoms with van der Waals surface area (Å²) in [6.07, 6.45) is 3.98. The van der Waals surface area contributed by atoms with Crippen molar-refractivity contribution in [3.8, 4) is 0 Å². The molecule has 2 aromatic rings. The average Bonchev–Trinajstić information content (AvgIpc) is 3.28. The second-order valence-corrected chi connectivity index (χ2v) is 6.24. The van der Waals surface area contributed by atoms with Gasteiger partial charge in [0.05, 0.1) is 6.04 Å². The molecule has 0 radical (unpaired) electrons. The van der Waals surface area contributed by atoms with Crippen LogP contribution in [0.5, 0.6) is 0 Å². The van der Waals surface area contributed by atoms with Crippen LogP contribution < -0.4 is 5.32 Å². The lowest BCUT2D eigenvalue weighted by atomic mass is 10.1. The van der Waals surface area contributed by atoms with Crippen LogP contribution in [0.3, 0.4) is 0 Å². The molecule has 1 unspecified atom stereocenters. The molecule has 1 amide bonds. The van der Waals surface area contributed by atoms with Crippen molar-refractivity contribution >= 4 is 11.7 Å². The summed E-state index contributed by atoms with van der Waals surface area (Å²) in [4.78, 5) is 29.0. The number of amides is 1. The van der Waals surface area contributed by atoms with Crippen LogP contribution in [0.25, 0.3) is 0 Å². The molecule has 24 heavy (non-hydrogen) atoms. The van der Waals surface area contributed by atoms with Gasteiger partial charge in [0.15, 0.2) is 5.78 Å². The minimum absolute atomic E-state index is 0.0514. The van der Waals surface area contributed by atoms with E-state index < -0.39 is 0 Å². The number of aromatic nitrogens is 1. The van der Waals surface area contributed by atoms with E-state index >= 15 is 0 Å². The Morgan fingerprint density at radius 2 is 1.92 bits per heavy atom. The molecule has 2 N–H and O–H groups in total. The molecule has 5 nitrogen and oxygen atoms in total. The molecular weight excluding hydrogens is 302 g/mol. The highest BCUT2D eigenvalue weighted by Crippen LogP contribution is 2.24. The van der Waals surface area contributed by atoms with Crippen molar-refractivity contribution in [2.45, 2.75) is 25.8 Å². The summed E-state index contributed by atoms with van der Waals surface area (Å²) in [5.74, 6) is -0.229. The highest BCUT2D eigenvalue weighted by molar-refractivity contribution is 5.99. The van der Waals surface area contributed by atoms with Crippen LogP contribution in [-0.4, -0.2) is 41.2 Å². The van der Waals surface area contributed by atoms with E-state index in [9.17, 15) is 9.59 Å². The lowest BCUT2D eigenvalue weighted by Gasteiger charge is -2.28. The Bertz CT molecular complexity index is 702. The number of hydrogen-bond acceptors (Lipinski definition) is 3. The second kappa shape index (κ2) is 7.45. The van der Waals surface area contributed by atoms with Gasteiger partial charge in [-0.15, -0.1) is 0 Å². The first-order valence-corrected chi connectivity index (χ1v) is 8.41. The van der Waals surface area contributed by atoms with Gasteiger partial charge in [-0.25, -0.2) is 0 Å². The number of H-pyrrole nitrogens is 1. The fourth-order valence-corrected chi connectivity index (χ4v) is 3.20. The monoisotopic (exact) mass is 325 g/mol. The maximum atomic E-state index is 12.4. The van der Waals surface area contributed by atoms with Crippen LogP contribution in [0.2, 0.25) is 0 Å². The van der Waals surface area contributed by atoms with Crippen LogP contribution in [0, 0.1) is 0 Å². The van der Waals surface area contributed by atoms with E-state index in [1.54, 1.807) is 12.3 Å². The highest BCUT2D eigenvalue weighted by Gasteiger charge is 2.24. The predicted molar refractivity (Wildman–Crippen MR) is 93.1 cm³/mol. The number of hydrogen-bond donors (Lipinski definition) is 2. The zero-order valence-corrected chi connectivity index (χ0v) is 13.9. The molecule has 3 rings (SSSR count). The van der Waals surface area contributed by atoms with Crippen LogP contribution in [0.4, 0.5) is 0 Å². The molecule has 1 fully saturated rings. The van der Waals surface area contributed by atoms with Gasteiger partial charge in [0.25, 0.3) is 5.91 Å². The number of carbonyl (C=O) groups excluding carboxylic acids is 2. The van der Waals surface area contributed by atoms with Crippen LogP contribution in [-0.2, 0) is 0 Å². The number of ketones is 1. The largest absolute Gasteiger partial charge is 0.356 e. The number of nitrogens with one attached hydrogen (secondary N) is 2. The van der Waals surface area contributed by atoms with Gasteiger partial charge in [-0.1, -0.05) is 30.3 Å². The maximum Gasteiger partial charge on any atom is 0.267 e. The van der Waals surface area contributed by atoms with Crippen molar-refractivity contribution in [3.05, 3.63) is 59.4 Å². The second-order valence-electron chi connectivity index (χ2n) is 6.24. The molecule has 5 heteroatoms. The predicted octanol–water partition coefficient (Wildman–Crippen LogP) is 2.78. The normalized spacial score (nSPS) is 16.0. The van der Waals surface area contributed by atoms with Gasteiger partial charge < -0.3 is 10.3 Å². The zero-order chi connectivity index (χ0) is 16.9. The van der Waals surface area contributed by atoms with Gasteiger partial charge in [-0.05, 0) is 44.5 Å². The fourth-order valence-electron chi connectivity index (χ4n) is 3.20. The topological polar surface area (TPSA) is 65.2 Å². The van der Waals surface area contributed by atoms with Crippen molar-refractivity contribution in [2.24, 2.45) is 0 Å². The zero-order valence-electron chi connectivity index (χ0n) is 13.9. The van der Waals surface area contributed by atoms with Crippen molar-refractivity contribution < 1.29 is 9.59 Å². The molecule has 1 aromatic carbocycles. The Morgan fingerprint density at radius 3 is 2.54 bits per heavy atom. The van der Waals surface area contributed by atoms with Crippen molar-refractivity contribution in [1.82, 2.24) is 15.2 Å². The summed E-state index contributed by atoms with van der Waals surface area (Å²) in [7, 11) is 0. The lowest BCUT2D eigenvalue weighted by Crippen LogP contribution is -2.36. The minimum Gasteiger partial charge on any atom is -0.356 e. The van der Waals surface area contributed by atoms with Gasteiger partial charge in [0.2, 0.25) is 0 Å². The van der Waals surface area contributed by atoms with E-state index in [0.29, 0.717) is 17.8 Å². The number of rotatable bonds is 6. The number of likely N-dealkylation sites (tertiary alicyclic amines) is 1. The third kappa shape index (κ3) is 3.74. The summed E-state index contributed by atoms with van der Waals surface area (Å²) in [6.45, 7) is 4.17. The average molecular weight is 325 g/mol. The number of aromatic amines is 1. The number of nitrogens with zero attached hydrogens (tertiary/aromatic N) is 1. The van der Waals surface area contributed by atoms with Crippen molar-refractivity contribution in [1.29, 1.82) is 0 Å². The van der Waals surface area contributed by atoms with Crippen LogP contribution in [0.1, 0.15) is 52.2 Å². The summed E-state index contributed by atoms with van der Waals surface area (Å²) in [6, 6.07) is 12.1. The molecule has 1 aliphatic heterocycles. The van der Waals surface area contributed by atoms with Crippen LogP contribution >= 0.6 is 0 Å². The van der Waals surface area contributed by atoms with E-state index in [2.05, 4.69) is 27.3 Å². The smallest absolute Gasteiger partial charge is 0.267 e. The molecule has 0 saturated carbocycles. The number of Topliss-reactive ketones (excluding diaryl/α,β-unsaturated/α-hetero) is 1. The summed E-state index contributed by atoms with van der Waals surface area (Å²) in [5.41, 5.74) is 2.17. The van der Waals surface area contributed by atoms with Crippen molar-refractivity contribution in [2.75, 3.05) is 19.6 Å². The molecule has 1 atom stereocenters. The lowest BCUT2D eigenvalue weighted by molar-refractivity contribution is 0.0933. The molecule has 0 spiro atoms. The molecule has 0 aliphatic carbocycles. The molecule has 1 aromatic heterocycles. The van der Waals surface area contributed by atoms with E-state index in [0.717, 1.165) is 13.1 Å². The van der Waals surface area contributed by atoms with E-state index in [1.807, 2.05) is 18.2 Å². The molecule has 0 bridgehead atoms. The van der Waals surface area contributed by atoms with E-state index in [4.69, 9.17) is 0 Å². The van der Waals surface area contributed by atoms with Gasteiger partial charge in [0.1, 0.15) is 5.69 Å². The number of benzene rings is 1.